The average molecular weight is 395 g/mol. The number of ether oxygens (including phenoxy) is 3. The van der Waals surface area contributed by atoms with Crippen LogP contribution in [0.2, 0.25) is 6.55 Å². The molecular formula is C19H42O6Si. The number of hydrogen-bond donors (Lipinski definition) is 0. The molecule has 0 rings (SSSR count). The van der Waals surface area contributed by atoms with Crippen LogP contribution in [0.3, 0.4) is 0 Å². The Morgan fingerprint density at radius 1 is 0.462 bits per heavy atom. The minimum absolute atomic E-state index is 0.602. The molecule has 0 saturated heterocycles. The molecule has 0 radical (unpaired) electrons. The molecule has 0 aromatic rings. The van der Waals surface area contributed by atoms with E-state index in [1.54, 1.807) is 0 Å². The summed E-state index contributed by atoms with van der Waals surface area (Å²) in [4.78, 5) is 0. The molecule has 0 spiro atoms. The van der Waals surface area contributed by atoms with Gasteiger partial charge in [0, 0.05) is 66.0 Å². The molecule has 7 heteroatoms. The van der Waals surface area contributed by atoms with E-state index in [1.165, 1.54) is 0 Å². The molecule has 0 fully saturated rings. The lowest BCUT2D eigenvalue weighted by molar-refractivity contribution is 0.0384. The van der Waals surface area contributed by atoms with Crippen LogP contribution in [-0.2, 0) is 27.5 Å². The van der Waals surface area contributed by atoms with Gasteiger partial charge in [0.1, 0.15) is 0 Å². The van der Waals surface area contributed by atoms with Crippen molar-refractivity contribution >= 4 is 8.80 Å². The Kier molecular flexibility index (Phi) is 19.7. The summed E-state index contributed by atoms with van der Waals surface area (Å²) < 4.78 is 34.5. The molecule has 6 nitrogen and oxygen atoms in total. The molecule has 0 N–H and O–H groups in total. The van der Waals surface area contributed by atoms with Gasteiger partial charge in [0.05, 0.1) is 0 Å². The average Bonchev–Trinajstić information content (AvgIpc) is 2.64. The summed E-state index contributed by atoms with van der Waals surface area (Å²) in [5, 5.41) is 0. The maximum atomic E-state index is 6.00. The summed E-state index contributed by atoms with van der Waals surface area (Å²) in [5.41, 5.74) is 0. The predicted molar refractivity (Wildman–Crippen MR) is 107 cm³/mol. The van der Waals surface area contributed by atoms with Crippen molar-refractivity contribution in [2.75, 3.05) is 59.5 Å². The summed E-state index contributed by atoms with van der Waals surface area (Å²) in [5.74, 6) is 0. The minimum atomic E-state index is -2.62. The van der Waals surface area contributed by atoms with Gasteiger partial charge in [-0.15, -0.1) is 0 Å². The van der Waals surface area contributed by atoms with Crippen molar-refractivity contribution in [2.24, 2.45) is 0 Å². The zero-order chi connectivity index (χ0) is 19.3. The monoisotopic (exact) mass is 394 g/mol. The molecule has 26 heavy (non-hydrogen) atoms. The van der Waals surface area contributed by atoms with Crippen molar-refractivity contribution in [2.45, 2.75) is 65.8 Å². The molecule has 0 aliphatic rings. The quantitative estimate of drug-likeness (QED) is 0.216. The van der Waals surface area contributed by atoms with E-state index >= 15 is 0 Å². The van der Waals surface area contributed by atoms with E-state index in [1.807, 2.05) is 6.55 Å². The highest BCUT2D eigenvalue weighted by atomic mass is 28.4. The van der Waals surface area contributed by atoms with E-state index in [0.717, 1.165) is 58.3 Å². The second-order valence-electron chi connectivity index (χ2n) is 6.31. The fourth-order valence-corrected chi connectivity index (χ4v) is 3.92. The van der Waals surface area contributed by atoms with Crippen LogP contribution in [0.25, 0.3) is 0 Å². The van der Waals surface area contributed by atoms with Crippen LogP contribution < -0.4 is 0 Å². The van der Waals surface area contributed by atoms with Crippen molar-refractivity contribution in [3.63, 3.8) is 0 Å². The molecule has 0 saturated carbocycles. The third-order valence-corrected chi connectivity index (χ3v) is 5.62. The summed E-state index contributed by atoms with van der Waals surface area (Å²) in [6.07, 6.45) is 5.69. The first-order valence-electron chi connectivity index (χ1n) is 10.3. The van der Waals surface area contributed by atoms with Crippen LogP contribution >= 0.6 is 0 Å². The van der Waals surface area contributed by atoms with Crippen molar-refractivity contribution < 1.29 is 27.5 Å². The van der Waals surface area contributed by atoms with Gasteiger partial charge in [-0.2, -0.15) is 0 Å². The Morgan fingerprint density at radius 3 is 1.04 bits per heavy atom. The Hall–Kier alpha value is -0.0231. The summed E-state index contributed by atoms with van der Waals surface area (Å²) in [6, 6.07) is 0. The van der Waals surface area contributed by atoms with Gasteiger partial charge < -0.3 is 27.5 Å². The van der Waals surface area contributed by atoms with Gasteiger partial charge in [0.15, 0.2) is 0 Å². The zero-order valence-corrected chi connectivity index (χ0v) is 18.6. The van der Waals surface area contributed by atoms with Crippen LogP contribution in [-0.4, -0.2) is 68.3 Å². The van der Waals surface area contributed by atoms with Crippen LogP contribution in [0, 0.1) is 0 Å². The summed E-state index contributed by atoms with van der Waals surface area (Å²) >= 11 is 0. The highest BCUT2D eigenvalue weighted by Crippen LogP contribution is 2.11. The van der Waals surface area contributed by atoms with Gasteiger partial charge in [-0.1, -0.05) is 20.8 Å². The lowest BCUT2D eigenvalue weighted by Crippen LogP contribution is -2.43. The first kappa shape index (κ1) is 26.0. The summed E-state index contributed by atoms with van der Waals surface area (Å²) in [6.45, 7) is 14.7. The predicted octanol–water partition coefficient (Wildman–Crippen LogP) is 4.06. The Morgan fingerprint density at radius 2 is 0.769 bits per heavy atom. The van der Waals surface area contributed by atoms with Gasteiger partial charge in [-0.05, 0) is 38.5 Å². The maximum Gasteiger partial charge on any atom is 0.497 e. The van der Waals surface area contributed by atoms with E-state index in [4.69, 9.17) is 27.5 Å². The first-order chi connectivity index (χ1) is 12.7. The third-order valence-electron chi connectivity index (χ3n) is 3.44. The van der Waals surface area contributed by atoms with E-state index in [9.17, 15) is 0 Å². The second-order valence-corrected chi connectivity index (χ2v) is 8.90. The van der Waals surface area contributed by atoms with Crippen molar-refractivity contribution in [1.82, 2.24) is 0 Å². The van der Waals surface area contributed by atoms with E-state index in [-0.39, 0.29) is 0 Å². The van der Waals surface area contributed by atoms with Gasteiger partial charge in [0.2, 0.25) is 0 Å². The third kappa shape index (κ3) is 17.4. The minimum Gasteiger partial charge on any atom is -0.381 e. The Balaban J connectivity index is 4.02. The SMILES string of the molecule is CCCOCCCO[Si](C)(OCCCOCCC)OCCCOCCC. The van der Waals surface area contributed by atoms with Gasteiger partial charge in [-0.25, -0.2) is 0 Å². The van der Waals surface area contributed by atoms with Crippen LogP contribution in [0.5, 0.6) is 0 Å². The standard InChI is InChI=1S/C19H42O6Si/c1-5-11-20-14-8-17-23-26(4,24-18-9-15-21-12-6-2)25-19-10-16-22-13-7-3/h5-19H2,1-4H3. The molecule has 0 heterocycles. The molecule has 0 amide bonds. The lowest BCUT2D eigenvalue weighted by Gasteiger charge is -2.26. The van der Waals surface area contributed by atoms with Crippen molar-refractivity contribution in [1.29, 1.82) is 0 Å². The van der Waals surface area contributed by atoms with E-state index in [0.29, 0.717) is 39.6 Å². The topological polar surface area (TPSA) is 55.4 Å². The molecule has 0 bridgehead atoms. The molecule has 158 valence electrons. The first-order valence-corrected chi connectivity index (χ1v) is 12.6. The number of rotatable bonds is 21. The molecule has 0 atom stereocenters. The van der Waals surface area contributed by atoms with Crippen LogP contribution in [0.15, 0.2) is 0 Å². The number of hydrogen-bond acceptors (Lipinski definition) is 6. The van der Waals surface area contributed by atoms with Gasteiger partial charge in [-0.3, -0.25) is 0 Å². The normalized spacial score (nSPS) is 12.0. The zero-order valence-electron chi connectivity index (χ0n) is 17.6. The summed E-state index contributed by atoms with van der Waals surface area (Å²) in [7, 11) is -2.62. The lowest BCUT2D eigenvalue weighted by atomic mass is 10.5. The molecule has 0 aliphatic carbocycles. The Labute approximate surface area is 162 Å². The highest BCUT2D eigenvalue weighted by molar-refractivity contribution is 6.59. The Bertz CT molecular complexity index is 240. The van der Waals surface area contributed by atoms with Crippen LogP contribution in [0.1, 0.15) is 59.3 Å². The maximum absolute atomic E-state index is 6.00. The van der Waals surface area contributed by atoms with Crippen molar-refractivity contribution in [3.05, 3.63) is 0 Å². The second kappa shape index (κ2) is 19.7. The fourth-order valence-electron chi connectivity index (χ4n) is 2.12. The molecule has 0 aliphatic heterocycles. The van der Waals surface area contributed by atoms with E-state index in [2.05, 4.69) is 20.8 Å². The largest absolute Gasteiger partial charge is 0.497 e. The van der Waals surface area contributed by atoms with Gasteiger partial charge in [0.25, 0.3) is 0 Å². The van der Waals surface area contributed by atoms with Crippen LogP contribution in [0.4, 0.5) is 0 Å². The molecular weight excluding hydrogens is 352 g/mol. The van der Waals surface area contributed by atoms with E-state index < -0.39 is 8.80 Å². The van der Waals surface area contributed by atoms with Gasteiger partial charge >= 0.3 is 8.80 Å². The fraction of sp³-hybridized carbons (Fsp3) is 1.00. The smallest absolute Gasteiger partial charge is 0.381 e. The molecule has 0 unspecified atom stereocenters. The molecule has 0 aromatic carbocycles. The highest BCUT2D eigenvalue weighted by Gasteiger charge is 2.34. The van der Waals surface area contributed by atoms with Crippen molar-refractivity contribution in [3.8, 4) is 0 Å². The molecule has 0 aromatic heterocycles.